The second-order valence-corrected chi connectivity index (χ2v) is 5.83. The van der Waals surface area contributed by atoms with Crippen molar-refractivity contribution in [2.75, 3.05) is 0 Å². The molecular formula is C13H7Cl2N3OS. The van der Waals surface area contributed by atoms with Crippen molar-refractivity contribution in [2.24, 2.45) is 0 Å². The Kier molecular flexibility index (Phi) is 3.56. The standard InChI is InChI=1S/C13H7Cl2N3OS/c14-10-9(7-6-8-4-2-1-3-5-8)16-13-18(11(10)19)17-12(15)20-13/h1-7H/b7-6+. The lowest BCUT2D eigenvalue weighted by atomic mass is 10.2. The van der Waals surface area contributed by atoms with Crippen molar-refractivity contribution in [1.82, 2.24) is 14.6 Å². The highest BCUT2D eigenvalue weighted by molar-refractivity contribution is 7.20. The van der Waals surface area contributed by atoms with Crippen molar-refractivity contribution < 1.29 is 0 Å². The van der Waals surface area contributed by atoms with E-state index in [1.54, 1.807) is 6.08 Å². The molecule has 2 heterocycles. The lowest BCUT2D eigenvalue weighted by Crippen LogP contribution is -2.16. The molecule has 0 spiro atoms. The fourth-order valence-electron chi connectivity index (χ4n) is 1.67. The molecule has 0 aliphatic rings. The molecule has 3 rings (SSSR count). The Morgan fingerprint density at radius 2 is 1.90 bits per heavy atom. The highest BCUT2D eigenvalue weighted by Gasteiger charge is 2.12. The molecule has 0 fully saturated rings. The first-order chi connectivity index (χ1) is 9.65. The molecule has 0 amide bonds. The molecule has 1 aromatic carbocycles. The average molecular weight is 324 g/mol. The molecule has 100 valence electrons. The van der Waals surface area contributed by atoms with E-state index in [0.717, 1.165) is 21.4 Å². The van der Waals surface area contributed by atoms with Crippen molar-refractivity contribution in [1.29, 1.82) is 0 Å². The van der Waals surface area contributed by atoms with E-state index in [9.17, 15) is 4.79 Å². The third-order valence-corrected chi connectivity index (χ3v) is 3.95. The SMILES string of the molecule is O=c1c(Cl)c(/C=C/c2ccccc2)nc2sc(Cl)nn12. The van der Waals surface area contributed by atoms with Gasteiger partial charge in [-0.2, -0.15) is 4.52 Å². The summed E-state index contributed by atoms with van der Waals surface area (Å²) in [6.07, 6.45) is 3.54. The van der Waals surface area contributed by atoms with E-state index in [2.05, 4.69) is 10.1 Å². The molecule has 0 unspecified atom stereocenters. The van der Waals surface area contributed by atoms with E-state index in [1.807, 2.05) is 36.4 Å². The maximum absolute atomic E-state index is 12.0. The predicted molar refractivity (Wildman–Crippen MR) is 82.5 cm³/mol. The third-order valence-electron chi connectivity index (χ3n) is 2.59. The zero-order chi connectivity index (χ0) is 14.1. The summed E-state index contributed by atoms with van der Waals surface area (Å²) in [7, 11) is 0. The van der Waals surface area contributed by atoms with Gasteiger partial charge in [0.1, 0.15) is 5.02 Å². The van der Waals surface area contributed by atoms with E-state index >= 15 is 0 Å². The van der Waals surface area contributed by atoms with E-state index < -0.39 is 5.56 Å². The summed E-state index contributed by atoms with van der Waals surface area (Å²) in [4.78, 5) is 16.7. The van der Waals surface area contributed by atoms with Crippen LogP contribution in [0.15, 0.2) is 35.1 Å². The number of hydrogen-bond acceptors (Lipinski definition) is 4. The minimum atomic E-state index is -0.424. The van der Waals surface area contributed by atoms with Crippen LogP contribution in [-0.4, -0.2) is 14.6 Å². The summed E-state index contributed by atoms with van der Waals surface area (Å²) in [6.45, 7) is 0. The van der Waals surface area contributed by atoms with Gasteiger partial charge < -0.3 is 0 Å². The molecule has 0 N–H and O–H groups in total. The zero-order valence-electron chi connectivity index (χ0n) is 9.96. The van der Waals surface area contributed by atoms with Crippen molar-refractivity contribution in [2.45, 2.75) is 0 Å². The smallest absolute Gasteiger partial charge is 0.266 e. The summed E-state index contributed by atoms with van der Waals surface area (Å²) in [5, 5.41) is 3.87. The van der Waals surface area contributed by atoms with Gasteiger partial charge in [-0.15, -0.1) is 5.10 Å². The average Bonchev–Trinajstić information content (AvgIpc) is 2.83. The second-order valence-electron chi connectivity index (χ2n) is 3.91. The quantitative estimate of drug-likeness (QED) is 0.723. The van der Waals surface area contributed by atoms with Crippen LogP contribution in [0.5, 0.6) is 0 Å². The van der Waals surface area contributed by atoms with Crippen LogP contribution < -0.4 is 5.56 Å². The number of aromatic nitrogens is 3. The summed E-state index contributed by atoms with van der Waals surface area (Å²) in [5.41, 5.74) is 0.973. The van der Waals surface area contributed by atoms with Crippen LogP contribution in [0.2, 0.25) is 9.49 Å². The van der Waals surface area contributed by atoms with Gasteiger partial charge in [-0.3, -0.25) is 4.79 Å². The summed E-state index contributed by atoms with van der Waals surface area (Å²) in [5.74, 6) is 0. The monoisotopic (exact) mass is 323 g/mol. The summed E-state index contributed by atoms with van der Waals surface area (Å²) in [6, 6.07) is 9.67. The Bertz CT molecular complexity index is 855. The van der Waals surface area contributed by atoms with E-state index in [0.29, 0.717) is 10.7 Å². The maximum atomic E-state index is 12.0. The van der Waals surface area contributed by atoms with Crippen LogP contribution >= 0.6 is 34.5 Å². The first-order valence-corrected chi connectivity index (χ1v) is 7.20. The molecule has 20 heavy (non-hydrogen) atoms. The fraction of sp³-hybridized carbons (Fsp3) is 0. The second kappa shape index (κ2) is 5.36. The number of benzene rings is 1. The van der Waals surface area contributed by atoms with Gasteiger partial charge in [0.25, 0.3) is 5.56 Å². The van der Waals surface area contributed by atoms with Crippen LogP contribution in [-0.2, 0) is 0 Å². The Hall–Kier alpha value is -1.69. The molecule has 4 nitrogen and oxygen atoms in total. The lowest BCUT2D eigenvalue weighted by molar-refractivity contribution is 0.898. The van der Waals surface area contributed by atoms with Crippen molar-refractivity contribution >= 4 is 51.7 Å². The van der Waals surface area contributed by atoms with Gasteiger partial charge in [0.05, 0.1) is 5.69 Å². The van der Waals surface area contributed by atoms with E-state index in [1.165, 1.54) is 0 Å². The van der Waals surface area contributed by atoms with Crippen LogP contribution in [0.4, 0.5) is 0 Å². The number of fused-ring (bicyclic) bond motifs is 1. The lowest BCUT2D eigenvalue weighted by Gasteiger charge is -1.97. The van der Waals surface area contributed by atoms with Gasteiger partial charge in [-0.25, -0.2) is 4.98 Å². The van der Waals surface area contributed by atoms with Crippen LogP contribution in [0.1, 0.15) is 11.3 Å². The van der Waals surface area contributed by atoms with Gasteiger partial charge in [0.15, 0.2) is 0 Å². The summed E-state index contributed by atoms with van der Waals surface area (Å²) >= 11 is 12.9. The van der Waals surface area contributed by atoms with Gasteiger partial charge in [0.2, 0.25) is 9.43 Å². The number of rotatable bonds is 2. The molecule has 0 saturated heterocycles. The molecule has 0 bridgehead atoms. The van der Waals surface area contributed by atoms with Crippen molar-refractivity contribution in [3.05, 3.63) is 61.4 Å². The van der Waals surface area contributed by atoms with E-state index in [-0.39, 0.29) is 9.49 Å². The van der Waals surface area contributed by atoms with Gasteiger partial charge in [0, 0.05) is 0 Å². The minimum absolute atomic E-state index is 0.0247. The number of halogens is 2. The van der Waals surface area contributed by atoms with Gasteiger partial charge in [-0.05, 0) is 23.2 Å². The number of hydrogen-bond donors (Lipinski definition) is 0. The van der Waals surface area contributed by atoms with Crippen molar-refractivity contribution in [3.8, 4) is 0 Å². The fourth-order valence-corrected chi connectivity index (χ4v) is 2.76. The predicted octanol–water partition coefficient (Wildman–Crippen LogP) is 3.63. The third kappa shape index (κ3) is 2.47. The Balaban J connectivity index is 2.10. The molecular weight excluding hydrogens is 317 g/mol. The van der Waals surface area contributed by atoms with Crippen LogP contribution in [0.3, 0.4) is 0 Å². The molecule has 0 radical (unpaired) electrons. The Morgan fingerprint density at radius 1 is 1.15 bits per heavy atom. The number of nitrogens with zero attached hydrogens (tertiary/aromatic N) is 3. The Labute approximate surface area is 127 Å². The highest BCUT2D eigenvalue weighted by atomic mass is 35.5. The van der Waals surface area contributed by atoms with Gasteiger partial charge >= 0.3 is 0 Å². The van der Waals surface area contributed by atoms with Crippen LogP contribution in [0, 0.1) is 0 Å². The topological polar surface area (TPSA) is 47.3 Å². The van der Waals surface area contributed by atoms with Gasteiger partial charge in [-0.1, -0.05) is 59.3 Å². The Morgan fingerprint density at radius 3 is 2.65 bits per heavy atom. The molecule has 0 atom stereocenters. The molecule has 2 aromatic heterocycles. The molecule has 3 aromatic rings. The maximum Gasteiger partial charge on any atom is 0.294 e. The highest BCUT2D eigenvalue weighted by Crippen LogP contribution is 2.20. The summed E-state index contributed by atoms with van der Waals surface area (Å²) < 4.78 is 1.35. The largest absolute Gasteiger partial charge is 0.294 e. The zero-order valence-corrected chi connectivity index (χ0v) is 12.3. The molecule has 0 saturated carbocycles. The molecule has 7 heteroatoms. The normalized spacial score (nSPS) is 11.5. The first kappa shape index (κ1) is 13.3. The van der Waals surface area contributed by atoms with Crippen molar-refractivity contribution in [3.63, 3.8) is 0 Å². The van der Waals surface area contributed by atoms with Crippen LogP contribution in [0.25, 0.3) is 17.1 Å². The first-order valence-electron chi connectivity index (χ1n) is 5.63. The molecule has 0 aliphatic heterocycles. The molecule has 0 aliphatic carbocycles. The van der Waals surface area contributed by atoms with E-state index in [4.69, 9.17) is 23.2 Å². The minimum Gasteiger partial charge on any atom is -0.266 e.